The maximum absolute atomic E-state index is 12.6. The quantitative estimate of drug-likeness (QED) is 0.329. The molecule has 8 nitrogen and oxygen atoms in total. The van der Waals surface area contributed by atoms with Gasteiger partial charge in [-0.05, 0) is 24.6 Å². The maximum Gasteiger partial charge on any atom is 0.238 e. The number of aryl methyl sites for hydroxylation is 1. The Kier molecular flexibility index (Phi) is 7.13. The van der Waals surface area contributed by atoms with E-state index in [0.717, 1.165) is 36.2 Å². The summed E-state index contributed by atoms with van der Waals surface area (Å²) in [6.07, 6.45) is 1.93. The van der Waals surface area contributed by atoms with E-state index in [-0.39, 0.29) is 16.6 Å². The van der Waals surface area contributed by atoms with Crippen molar-refractivity contribution < 1.29 is 13.2 Å². The smallest absolute Gasteiger partial charge is 0.238 e. The number of fused-ring (bicyclic) bond motifs is 1. The fourth-order valence-corrected chi connectivity index (χ4v) is 5.38. The Morgan fingerprint density at radius 1 is 1.18 bits per heavy atom. The predicted molar refractivity (Wildman–Crippen MR) is 133 cm³/mol. The number of hydrogen-bond acceptors (Lipinski definition) is 7. The summed E-state index contributed by atoms with van der Waals surface area (Å²) in [4.78, 5) is 21.6. The Morgan fingerprint density at radius 3 is 2.70 bits per heavy atom. The highest BCUT2D eigenvalue weighted by Crippen LogP contribution is 2.28. The van der Waals surface area contributed by atoms with Gasteiger partial charge in [-0.25, -0.2) is 23.5 Å². The van der Waals surface area contributed by atoms with Crippen molar-refractivity contribution in [2.45, 2.75) is 36.4 Å². The normalized spacial score (nSPS) is 11.7. The fourth-order valence-electron chi connectivity index (χ4n) is 3.27. The van der Waals surface area contributed by atoms with Gasteiger partial charge in [0.25, 0.3) is 0 Å². The van der Waals surface area contributed by atoms with Crippen molar-refractivity contribution in [2.75, 3.05) is 11.1 Å². The third-order valence-corrected chi connectivity index (χ3v) is 7.55. The lowest BCUT2D eigenvalue weighted by molar-refractivity contribution is -0.113. The van der Waals surface area contributed by atoms with Gasteiger partial charge >= 0.3 is 0 Å². The van der Waals surface area contributed by atoms with Crippen LogP contribution in [0.15, 0.2) is 64.0 Å². The molecule has 0 fully saturated rings. The molecule has 4 rings (SSSR count). The number of imidazole rings is 1. The van der Waals surface area contributed by atoms with Crippen molar-refractivity contribution in [3.8, 4) is 11.3 Å². The molecule has 0 bridgehead atoms. The molecule has 2 aromatic heterocycles. The first-order valence-electron chi connectivity index (χ1n) is 10.3. The van der Waals surface area contributed by atoms with Gasteiger partial charge in [0.15, 0.2) is 10.3 Å². The molecule has 3 N–H and O–H groups in total. The van der Waals surface area contributed by atoms with Crippen molar-refractivity contribution in [1.82, 2.24) is 14.5 Å². The van der Waals surface area contributed by atoms with Crippen LogP contribution >= 0.6 is 23.1 Å². The summed E-state index contributed by atoms with van der Waals surface area (Å²) in [6.45, 7) is 2.81. The zero-order valence-corrected chi connectivity index (χ0v) is 20.3. The Balaban J connectivity index is 1.48. The molecule has 2 aromatic carbocycles. The number of nitrogens with zero attached hydrogens (tertiary/aromatic N) is 3. The lowest BCUT2D eigenvalue weighted by Gasteiger charge is -2.08. The third-order valence-electron chi connectivity index (χ3n) is 4.90. The zero-order chi connectivity index (χ0) is 23.4. The number of hydrogen-bond donors (Lipinski definition) is 2. The van der Waals surface area contributed by atoms with Crippen LogP contribution in [0.25, 0.3) is 22.3 Å². The van der Waals surface area contributed by atoms with Crippen LogP contribution in [-0.4, -0.2) is 34.6 Å². The molecule has 11 heteroatoms. The van der Waals surface area contributed by atoms with Gasteiger partial charge in [-0.1, -0.05) is 55.4 Å². The van der Waals surface area contributed by atoms with Crippen LogP contribution in [0.2, 0.25) is 0 Å². The minimum Gasteiger partial charge on any atom is -0.319 e. The molecule has 4 aromatic rings. The Bertz CT molecular complexity index is 1380. The zero-order valence-electron chi connectivity index (χ0n) is 17.9. The lowest BCUT2D eigenvalue weighted by Crippen LogP contribution is -2.14. The summed E-state index contributed by atoms with van der Waals surface area (Å²) in [6, 6.07) is 14.4. The number of rotatable bonds is 9. The molecule has 172 valence electrons. The summed E-state index contributed by atoms with van der Waals surface area (Å²) in [5.74, 6) is -0.0362. The average molecular weight is 502 g/mol. The van der Waals surface area contributed by atoms with E-state index < -0.39 is 10.0 Å². The van der Waals surface area contributed by atoms with Gasteiger partial charge in [-0.15, -0.1) is 11.3 Å². The topological polar surface area (TPSA) is 120 Å². The SMILES string of the molecule is CCCCn1c(SCC(=O)Nc2nc(-c3ccccc3)cs2)nc2cc(S(N)(=O)=O)ccc21. The number of thioether (sulfide) groups is 1. The Hall–Kier alpha value is -2.73. The van der Waals surface area contributed by atoms with E-state index in [1.54, 1.807) is 6.07 Å². The van der Waals surface area contributed by atoms with Crippen molar-refractivity contribution in [2.24, 2.45) is 5.14 Å². The lowest BCUT2D eigenvalue weighted by atomic mass is 10.2. The van der Waals surface area contributed by atoms with Crippen molar-refractivity contribution >= 4 is 55.2 Å². The van der Waals surface area contributed by atoms with Gasteiger partial charge in [0.05, 0.1) is 27.4 Å². The Morgan fingerprint density at radius 2 is 1.97 bits per heavy atom. The number of unbranched alkanes of at least 4 members (excludes halogenated alkanes) is 1. The molecule has 33 heavy (non-hydrogen) atoms. The summed E-state index contributed by atoms with van der Waals surface area (Å²) in [5.41, 5.74) is 3.15. The van der Waals surface area contributed by atoms with Crippen LogP contribution in [0.1, 0.15) is 19.8 Å². The van der Waals surface area contributed by atoms with Crippen LogP contribution in [0.5, 0.6) is 0 Å². The van der Waals surface area contributed by atoms with E-state index in [0.29, 0.717) is 15.8 Å². The molecule has 0 aliphatic rings. The number of carbonyl (C=O) groups excluding carboxylic acids is 1. The van der Waals surface area contributed by atoms with E-state index in [9.17, 15) is 13.2 Å². The highest BCUT2D eigenvalue weighted by molar-refractivity contribution is 7.99. The first-order valence-corrected chi connectivity index (χ1v) is 13.7. The number of nitrogens with two attached hydrogens (primary N) is 1. The second-order valence-corrected chi connectivity index (χ2v) is 10.7. The molecule has 2 heterocycles. The fraction of sp³-hybridized carbons (Fsp3) is 0.227. The van der Waals surface area contributed by atoms with E-state index in [1.165, 1.54) is 35.2 Å². The van der Waals surface area contributed by atoms with Gasteiger partial charge in [0.1, 0.15) is 0 Å². The number of anilines is 1. The maximum atomic E-state index is 12.6. The van der Waals surface area contributed by atoms with Gasteiger partial charge in [-0.2, -0.15) is 0 Å². The number of primary sulfonamides is 1. The van der Waals surface area contributed by atoms with Crippen LogP contribution in [0.4, 0.5) is 5.13 Å². The monoisotopic (exact) mass is 501 g/mol. The molecule has 0 spiro atoms. The minimum absolute atomic E-state index is 0.0161. The van der Waals surface area contributed by atoms with Gasteiger partial charge in [-0.3, -0.25) is 4.79 Å². The number of amides is 1. The van der Waals surface area contributed by atoms with E-state index in [1.807, 2.05) is 40.3 Å². The first kappa shape index (κ1) is 23.4. The van der Waals surface area contributed by atoms with Gasteiger partial charge < -0.3 is 9.88 Å². The van der Waals surface area contributed by atoms with Crippen molar-refractivity contribution in [1.29, 1.82) is 0 Å². The number of nitrogens with one attached hydrogen (secondary N) is 1. The molecule has 1 amide bonds. The summed E-state index contributed by atoms with van der Waals surface area (Å²) in [5, 5.41) is 11.2. The highest BCUT2D eigenvalue weighted by Gasteiger charge is 2.16. The van der Waals surface area contributed by atoms with E-state index >= 15 is 0 Å². The van der Waals surface area contributed by atoms with Crippen LogP contribution < -0.4 is 10.5 Å². The molecule has 0 aliphatic heterocycles. The molecule has 0 aliphatic carbocycles. The summed E-state index contributed by atoms with van der Waals surface area (Å²) < 4.78 is 25.4. The molecular weight excluding hydrogens is 478 g/mol. The van der Waals surface area contributed by atoms with Crippen molar-refractivity contribution in [3.05, 3.63) is 53.9 Å². The second-order valence-electron chi connectivity index (χ2n) is 7.34. The van der Waals surface area contributed by atoms with Gasteiger partial charge in [0.2, 0.25) is 15.9 Å². The summed E-state index contributed by atoms with van der Waals surface area (Å²) >= 11 is 2.68. The van der Waals surface area contributed by atoms with E-state index in [4.69, 9.17) is 5.14 Å². The number of benzene rings is 2. The first-order chi connectivity index (χ1) is 15.8. The largest absolute Gasteiger partial charge is 0.319 e. The molecule has 0 atom stereocenters. The third kappa shape index (κ3) is 5.61. The highest BCUT2D eigenvalue weighted by atomic mass is 32.2. The standard InChI is InChI=1S/C22H23N5O3S3/c1-2-3-11-27-19-10-9-16(33(23,29)30)12-17(19)25-22(27)32-14-20(28)26-21-24-18(13-31-21)15-7-5-4-6-8-15/h4-10,12-13H,2-3,11,14H2,1H3,(H2,23,29,30)(H,24,26,28). The molecule has 0 radical (unpaired) electrons. The second kappa shape index (κ2) is 10.0. The molecule has 0 saturated carbocycles. The van der Waals surface area contributed by atoms with Crippen LogP contribution in [0.3, 0.4) is 0 Å². The average Bonchev–Trinajstić information content (AvgIpc) is 3.40. The number of aromatic nitrogens is 3. The number of carbonyl (C=O) groups is 1. The van der Waals surface area contributed by atoms with Crippen LogP contribution in [-0.2, 0) is 21.4 Å². The molecular formula is C22H23N5O3S3. The predicted octanol–water partition coefficient (Wildman–Crippen LogP) is 4.34. The number of thiazole rings is 1. The van der Waals surface area contributed by atoms with Crippen molar-refractivity contribution in [3.63, 3.8) is 0 Å². The molecule has 0 unspecified atom stereocenters. The van der Waals surface area contributed by atoms with E-state index in [2.05, 4.69) is 22.2 Å². The molecule has 0 saturated heterocycles. The minimum atomic E-state index is -3.82. The number of sulfonamides is 1. The Labute approximate surface area is 200 Å². The van der Waals surface area contributed by atoms with Gasteiger partial charge in [0, 0.05) is 17.5 Å². The summed E-state index contributed by atoms with van der Waals surface area (Å²) in [7, 11) is -3.82. The van der Waals surface area contributed by atoms with Crippen LogP contribution in [0, 0.1) is 0 Å².